The Kier molecular flexibility index (Phi) is 3.48. The molecule has 0 bridgehead atoms. The maximum atomic E-state index is 5.92. The standard InChI is InChI=1S/C16H9BrClN3S/c17-12-5-1-11(2-6-12)15-20-21-9-14(19-16(21)22-15)10-3-7-13(18)8-4-10/h1-9H. The molecule has 0 fully saturated rings. The molecule has 0 radical (unpaired) electrons. The van der Waals surface area contributed by atoms with Gasteiger partial charge in [-0.2, -0.15) is 5.10 Å². The summed E-state index contributed by atoms with van der Waals surface area (Å²) in [4.78, 5) is 5.52. The van der Waals surface area contributed by atoms with Gasteiger partial charge in [0.2, 0.25) is 4.96 Å². The van der Waals surface area contributed by atoms with Crippen molar-refractivity contribution in [1.29, 1.82) is 0 Å². The van der Waals surface area contributed by atoms with Crippen LogP contribution < -0.4 is 0 Å². The first-order chi connectivity index (χ1) is 10.7. The third kappa shape index (κ3) is 2.56. The van der Waals surface area contributed by atoms with Gasteiger partial charge >= 0.3 is 0 Å². The minimum absolute atomic E-state index is 0.723. The van der Waals surface area contributed by atoms with Crippen molar-refractivity contribution in [3.63, 3.8) is 0 Å². The normalized spacial score (nSPS) is 11.2. The van der Waals surface area contributed by atoms with E-state index in [1.807, 2.05) is 59.2 Å². The van der Waals surface area contributed by atoms with Gasteiger partial charge in [0.15, 0.2) is 0 Å². The smallest absolute Gasteiger partial charge is 0.213 e. The minimum atomic E-state index is 0.723. The van der Waals surface area contributed by atoms with E-state index in [2.05, 4.69) is 26.0 Å². The summed E-state index contributed by atoms with van der Waals surface area (Å²) >= 11 is 10.9. The summed E-state index contributed by atoms with van der Waals surface area (Å²) in [6.45, 7) is 0. The number of halogens is 2. The fourth-order valence-corrected chi connectivity index (χ4v) is 3.45. The van der Waals surface area contributed by atoms with E-state index in [0.717, 1.165) is 36.3 Å². The molecule has 0 spiro atoms. The molecule has 0 unspecified atom stereocenters. The molecule has 2 aromatic carbocycles. The summed E-state index contributed by atoms with van der Waals surface area (Å²) < 4.78 is 2.88. The highest BCUT2D eigenvalue weighted by Crippen LogP contribution is 2.29. The van der Waals surface area contributed by atoms with Crippen LogP contribution in [0.25, 0.3) is 26.8 Å². The molecular weight excluding hydrogens is 382 g/mol. The first-order valence-corrected chi connectivity index (χ1v) is 8.56. The molecule has 0 amide bonds. The zero-order valence-corrected chi connectivity index (χ0v) is 14.4. The average molecular weight is 391 g/mol. The van der Waals surface area contributed by atoms with Crippen LogP contribution in [0.1, 0.15) is 0 Å². The van der Waals surface area contributed by atoms with E-state index in [1.54, 1.807) is 11.3 Å². The van der Waals surface area contributed by atoms with Crippen molar-refractivity contribution < 1.29 is 0 Å². The van der Waals surface area contributed by atoms with Crippen LogP contribution in [-0.2, 0) is 0 Å². The Morgan fingerprint density at radius 3 is 2.32 bits per heavy atom. The van der Waals surface area contributed by atoms with Crippen LogP contribution in [0.2, 0.25) is 5.02 Å². The SMILES string of the molecule is Clc1ccc(-c2cn3nc(-c4ccc(Br)cc4)sc3n2)cc1. The van der Waals surface area contributed by atoms with Crippen molar-refractivity contribution in [3.8, 4) is 21.8 Å². The van der Waals surface area contributed by atoms with Crippen molar-refractivity contribution in [2.24, 2.45) is 0 Å². The van der Waals surface area contributed by atoms with Gasteiger partial charge in [0.1, 0.15) is 5.01 Å². The first kappa shape index (κ1) is 13.9. The molecule has 0 aliphatic carbocycles. The summed E-state index contributed by atoms with van der Waals surface area (Å²) in [6, 6.07) is 15.8. The van der Waals surface area contributed by atoms with Crippen LogP contribution >= 0.6 is 38.9 Å². The van der Waals surface area contributed by atoms with Crippen molar-refractivity contribution in [2.75, 3.05) is 0 Å². The Labute approximate surface area is 144 Å². The minimum Gasteiger partial charge on any atom is -0.217 e. The van der Waals surface area contributed by atoms with Crippen LogP contribution in [0, 0.1) is 0 Å². The summed E-state index contributed by atoms with van der Waals surface area (Å²) in [6.07, 6.45) is 1.94. The van der Waals surface area contributed by atoms with Crippen molar-refractivity contribution in [2.45, 2.75) is 0 Å². The number of nitrogens with zero attached hydrogens (tertiary/aromatic N) is 3. The van der Waals surface area contributed by atoms with Crippen molar-refractivity contribution in [3.05, 3.63) is 64.2 Å². The zero-order valence-electron chi connectivity index (χ0n) is 11.2. The van der Waals surface area contributed by atoms with Gasteiger partial charge in [-0.05, 0) is 24.3 Å². The fourth-order valence-electron chi connectivity index (χ4n) is 2.17. The predicted octanol–water partition coefficient (Wildman–Crippen LogP) is 5.54. The van der Waals surface area contributed by atoms with Gasteiger partial charge in [-0.15, -0.1) is 0 Å². The summed E-state index contributed by atoms with van der Waals surface area (Å²) in [5, 5.41) is 6.29. The topological polar surface area (TPSA) is 30.2 Å². The molecule has 0 aliphatic heterocycles. The lowest BCUT2D eigenvalue weighted by atomic mass is 10.2. The molecule has 0 saturated carbocycles. The molecule has 22 heavy (non-hydrogen) atoms. The van der Waals surface area contributed by atoms with Crippen LogP contribution in [0.15, 0.2) is 59.2 Å². The first-order valence-electron chi connectivity index (χ1n) is 6.57. The Hall–Kier alpha value is -1.69. The number of fused-ring (bicyclic) bond motifs is 1. The van der Waals surface area contributed by atoms with Gasteiger partial charge in [0.25, 0.3) is 0 Å². The lowest BCUT2D eigenvalue weighted by Crippen LogP contribution is -1.82. The van der Waals surface area contributed by atoms with E-state index >= 15 is 0 Å². The molecule has 0 aliphatic rings. The van der Waals surface area contributed by atoms with Gasteiger partial charge in [0, 0.05) is 20.6 Å². The van der Waals surface area contributed by atoms with E-state index in [4.69, 9.17) is 11.6 Å². The maximum Gasteiger partial charge on any atom is 0.213 e. The number of benzene rings is 2. The molecule has 4 aromatic rings. The summed E-state index contributed by atoms with van der Waals surface area (Å²) in [5.41, 5.74) is 3.02. The third-order valence-corrected chi connectivity index (χ3v) is 5.03. The molecular formula is C16H9BrClN3S. The second-order valence-electron chi connectivity index (χ2n) is 4.77. The van der Waals surface area contributed by atoms with E-state index in [0.29, 0.717) is 0 Å². The Morgan fingerprint density at radius 1 is 0.955 bits per heavy atom. The Morgan fingerprint density at radius 2 is 1.64 bits per heavy atom. The van der Waals surface area contributed by atoms with Crippen molar-refractivity contribution in [1.82, 2.24) is 14.6 Å². The number of hydrogen-bond acceptors (Lipinski definition) is 3. The zero-order chi connectivity index (χ0) is 15.1. The Bertz CT molecular complexity index is 835. The van der Waals surface area contributed by atoms with Crippen LogP contribution in [-0.4, -0.2) is 14.6 Å². The van der Waals surface area contributed by atoms with Crippen LogP contribution in [0.5, 0.6) is 0 Å². The van der Waals surface area contributed by atoms with Gasteiger partial charge in [-0.25, -0.2) is 9.50 Å². The number of hydrogen-bond donors (Lipinski definition) is 0. The molecule has 3 nitrogen and oxygen atoms in total. The van der Waals surface area contributed by atoms with Crippen LogP contribution in [0.3, 0.4) is 0 Å². The summed E-state index contributed by atoms with van der Waals surface area (Å²) in [7, 11) is 0. The molecule has 4 rings (SSSR count). The largest absolute Gasteiger partial charge is 0.217 e. The van der Waals surface area contributed by atoms with Crippen molar-refractivity contribution >= 4 is 43.8 Å². The van der Waals surface area contributed by atoms with E-state index in [-0.39, 0.29) is 0 Å². The highest BCUT2D eigenvalue weighted by molar-refractivity contribution is 9.10. The second-order valence-corrected chi connectivity index (χ2v) is 7.08. The maximum absolute atomic E-state index is 5.92. The number of rotatable bonds is 2. The van der Waals surface area contributed by atoms with E-state index < -0.39 is 0 Å². The third-order valence-electron chi connectivity index (χ3n) is 3.27. The number of imidazole rings is 1. The molecule has 0 saturated heterocycles. The lowest BCUT2D eigenvalue weighted by Gasteiger charge is -1.96. The molecule has 2 heterocycles. The molecule has 0 atom stereocenters. The van der Waals surface area contributed by atoms with Gasteiger partial charge in [-0.3, -0.25) is 0 Å². The highest BCUT2D eigenvalue weighted by Gasteiger charge is 2.11. The molecule has 108 valence electrons. The molecule has 2 aromatic heterocycles. The lowest BCUT2D eigenvalue weighted by molar-refractivity contribution is 0.978. The Balaban J connectivity index is 1.73. The van der Waals surface area contributed by atoms with E-state index in [9.17, 15) is 0 Å². The number of aromatic nitrogens is 3. The monoisotopic (exact) mass is 389 g/mol. The average Bonchev–Trinajstić information content (AvgIpc) is 3.07. The highest BCUT2D eigenvalue weighted by atomic mass is 79.9. The quantitative estimate of drug-likeness (QED) is 0.450. The van der Waals surface area contributed by atoms with Gasteiger partial charge in [-0.1, -0.05) is 63.1 Å². The van der Waals surface area contributed by atoms with E-state index in [1.165, 1.54) is 0 Å². The predicted molar refractivity (Wildman–Crippen MR) is 94.4 cm³/mol. The van der Waals surface area contributed by atoms with Gasteiger partial charge < -0.3 is 0 Å². The fraction of sp³-hybridized carbons (Fsp3) is 0. The molecule has 6 heteroatoms. The molecule has 0 N–H and O–H groups in total. The summed E-state index contributed by atoms with van der Waals surface area (Å²) in [5.74, 6) is 0. The van der Waals surface area contributed by atoms with Crippen LogP contribution in [0.4, 0.5) is 0 Å². The van der Waals surface area contributed by atoms with Gasteiger partial charge in [0.05, 0.1) is 11.9 Å². The second kappa shape index (κ2) is 5.50.